The van der Waals surface area contributed by atoms with Gasteiger partial charge in [0.1, 0.15) is 5.82 Å². The molecule has 0 aliphatic heterocycles. The number of hydrogen-bond donors (Lipinski definition) is 2. The van der Waals surface area contributed by atoms with Gasteiger partial charge in [0.25, 0.3) is 5.56 Å². The maximum Gasteiger partial charge on any atom is 0.255 e. The highest BCUT2D eigenvalue weighted by Crippen LogP contribution is 2.25. The monoisotopic (exact) mass is 293 g/mol. The minimum absolute atomic E-state index is 0.135. The first-order chi connectivity index (χ1) is 9.63. The molecule has 2 aromatic rings. The molecule has 1 aromatic carbocycles. The van der Waals surface area contributed by atoms with Crippen LogP contribution in [0.3, 0.4) is 0 Å². The average Bonchev–Trinajstić information content (AvgIpc) is 2.43. The highest BCUT2D eigenvalue weighted by atomic mass is 35.5. The molecule has 1 heterocycles. The van der Waals surface area contributed by atoms with Crippen LogP contribution >= 0.6 is 11.6 Å². The Morgan fingerprint density at radius 1 is 1.30 bits per heavy atom. The molecule has 0 bridgehead atoms. The number of fused-ring (bicyclic) bond motifs is 1. The molecule has 0 fully saturated rings. The molecular formula is C14H13ClFN3O. The Hall–Kier alpha value is -1.88. The van der Waals surface area contributed by atoms with E-state index in [4.69, 9.17) is 11.6 Å². The number of anilines is 2. The van der Waals surface area contributed by atoms with E-state index >= 15 is 0 Å². The van der Waals surface area contributed by atoms with Crippen molar-refractivity contribution in [1.82, 2.24) is 9.97 Å². The first-order valence-electron chi connectivity index (χ1n) is 6.47. The van der Waals surface area contributed by atoms with Crippen LogP contribution in [0.25, 0.3) is 0 Å². The number of hydrogen-bond acceptors (Lipinski definition) is 3. The molecule has 1 aromatic heterocycles. The molecule has 0 saturated heterocycles. The van der Waals surface area contributed by atoms with Gasteiger partial charge in [-0.3, -0.25) is 9.78 Å². The fraction of sp³-hybridized carbons (Fsp3) is 0.286. The highest BCUT2D eigenvalue weighted by Gasteiger charge is 2.15. The maximum absolute atomic E-state index is 13.2. The zero-order chi connectivity index (χ0) is 14.1. The van der Waals surface area contributed by atoms with Crippen LogP contribution in [0, 0.1) is 5.82 Å². The van der Waals surface area contributed by atoms with Gasteiger partial charge >= 0.3 is 0 Å². The molecule has 4 nitrogen and oxygen atoms in total. The van der Waals surface area contributed by atoms with E-state index in [1.54, 1.807) is 0 Å². The summed E-state index contributed by atoms with van der Waals surface area (Å²) in [4.78, 5) is 19.0. The van der Waals surface area contributed by atoms with E-state index in [1.165, 1.54) is 18.2 Å². The summed E-state index contributed by atoms with van der Waals surface area (Å²) in [5.74, 6) is -0.111. The zero-order valence-corrected chi connectivity index (χ0v) is 11.4. The standard InChI is InChI=1S/C14H13ClFN3O/c15-10-6-5-8(16)7-12(10)18-14-17-11-4-2-1-3-9(11)13(20)19-14/h5-7H,1-4H2,(H2,17,18,19,20). The number of aromatic nitrogens is 2. The summed E-state index contributed by atoms with van der Waals surface area (Å²) >= 11 is 5.98. The summed E-state index contributed by atoms with van der Waals surface area (Å²) in [6, 6.07) is 3.99. The number of H-pyrrole nitrogens is 1. The summed E-state index contributed by atoms with van der Waals surface area (Å²) < 4.78 is 13.2. The molecule has 0 spiro atoms. The van der Waals surface area contributed by atoms with Crippen LogP contribution in [0.15, 0.2) is 23.0 Å². The third kappa shape index (κ3) is 2.54. The molecule has 0 radical (unpaired) electrons. The lowest BCUT2D eigenvalue weighted by molar-refractivity contribution is 0.628. The van der Waals surface area contributed by atoms with Crippen molar-refractivity contribution in [2.24, 2.45) is 0 Å². The van der Waals surface area contributed by atoms with E-state index in [1.807, 2.05) is 0 Å². The van der Waals surface area contributed by atoms with Crippen molar-refractivity contribution in [2.75, 3.05) is 5.32 Å². The van der Waals surface area contributed by atoms with Crippen LogP contribution in [0.2, 0.25) is 5.02 Å². The van der Waals surface area contributed by atoms with Crippen molar-refractivity contribution in [3.63, 3.8) is 0 Å². The number of benzene rings is 1. The molecule has 104 valence electrons. The first-order valence-corrected chi connectivity index (χ1v) is 6.85. The van der Waals surface area contributed by atoms with Crippen LogP contribution < -0.4 is 10.9 Å². The van der Waals surface area contributed by atoms with Gasteiger partial charge in [-0.15, -0.1) is 0 Å². The Morgan fingerprint density at radius 2 is 2.10 bits per heavy atom. The molecule has 0 amide bonds. The summed E-state index contributed by atoms with van der Waals surface area (Å²) in [7, 11) is 0. The van der Waals surface area contributed by atoms with Gasteiger partial charge in [-0.1, -0.05) is 11.6 Å². The maximum atomic E-state index is 13.2. The first kappa shape index (κ1) is 13.1. The molecule has 0 atom stereocenters. The van der Waals surface area contributed by atoms with E-state index in [0.717, 1.165) is 36.9 Å². The Bertz CT molecular complexity index is 714. The lowest BCUT2D eigenvalue weighted by atomic mass is 9.97. The second-order valence-corrected chi connectivity index (χ2v) is 5.20. The average molecular weight is 294 g/mol. The minimum atomic E-state index is -0.405. The number of nitrogens with one attached hydrogen (secondary N) is 2. The van der Waals surface area contributed by atoms with Crippen LogP contribution in [0.1, 0.15) is 24.1 Å². The van der Waals surface area contributed by atoms with E-state index in [-0.39, 0.29) is 5.56 Å². The van der Waals surface area contributed by atoms with Crippen molar-refractivity contribution in [1.29, 1.82) is 0 Å². The number of aromatic amines is 1. The van der Waals surface area contributed by atoms with Crippen molar-refractivity contribution in [2.45, 2.75) is 25.7 Å². The van der Waals surface area contributed by atoms with Gasteiger partial charge in [0.2, 0.25) is 5.95 Å². The predicted octanol–water partition coefficient (Wildman–Crippen LogP) is 3.18. The molecule has 0 saturated carbocycles. The Labute approximate surface area is 120 Å². The van der Waals surface area contributed by atoms with Crippen LogP contribution in [-0.2, 0) is 12.8 Å². The van der Waals surface area contributed by atoms with Gasteiger partial charge in [-0.25, -0.2) is 9.37 Å². The number of halogens is 2. The van der Waals surface area contributed by atoms with Crippen molar-refractivity contribution < 1.29 is 4.39 Å². The zero-order valence-electron chi connectivity index (χ0n) is 10.7. The van der Waals surface area contributed by atoms with Gasteiger partial charge < -0.3 is 5.32 Å². The SMILES string of the molecule is O=c1[nH]c(Nc2cc(F)ccc2Cl)nc2c1CCCC2. The van der Waals surface area contributed by atoms with E-state index < -0.39 is 5.82 Å². The lowest BCUT2D eigenvalue weighted by Crippen LogP contribution is -2.22. The minimum Gasteiger partial charge on any atom is -0.324 e. The normalized spacial score (nSPS) is 13.9. The highest BCUT2D eigenvalue weighted by molar-refractivity contribution is 6.33. The second kappa shape index (κ2) is 5.25. The third-order valence-corrected chi connectivity index (χ3v) is 3.70. The van der Waals surface area contributed by atoms with Crippen molar-refractivity contribution in [3.05, 3.63) is 50.7 Å². The van der Waals surface area contributed by atoms with Gasteiger partial charge in [-0.2, -0.15) is 0 Å². The Balaban J connectivity index is 1.97. The van der Waals surface area contributed by atoms with Crippen molar-refractivity contribution in [3.8, 4) is 0 Å². The number of rotatable bonds is 2. The van der Waals surface area contributed by atoms with Crippen molar-refractivity contribution >= 4 is 23.2 Å². The quantitative estimate of drug-likeness (QED) is 0.894. The molecule has 0 unspecified atom stereocenters. The topological polar surface area (TPSA) is 57.8 Å². The van der Waals surface area contributed by atoms with E-state index in [0.29, 0.717) is 16.7 Å². The Kier molecular flexibility index (Phi) is 3.44. The number of aryl methyl sites for hydroxylation is 1. The molecular weight excluding hydrogens is 281 g/mol. The third-order valence-electron chi connectivity index (χ3n) is 3.37. The fourth-order valence-electron chi connectivity index (χ4n) is 2.38. The molecule has 1 aliphatic rings. The molecule has 6 heteroatoms. The summed E-state index contributed by atoms with van der Waals surface area (Å²) in [5, 5.41) is 3.23. The van der Waals surface area contributed by atoms with Crippen LogP contribution in [-0.4, -0.2) is 9.97 Å². The Morgan fingerprint density at radius 3 is 2.95 bits per heavy atom. The second-order valence-electron chi connectivity index (χ2n) is 4.80. The van der Waals surface area contributed by atoms with Gasteiger partial charge in [0.05, 0.1) is 16.4 Å². The van der Waals surface area contributed by atoms with E-state index in [2.05, 4.69) is 15.3 Å². The summed E-state index contributed by atoms with van der Waals surface area (Å²) in [5.41, 5.74) is 1.82. The summed E-state index contributed by atoms with van der Waals surface area (Å²) in [6.45, 7) is 0. The van der Waals surface area contributed by atoms with Gasteiger partial charge in [0, 0.05) is 5.56 Å². The smallest absolute Gasteiger partial charge is 0.255 e. The number of nitrogens with zero attached hydrogens (tertiary/aromatic N) is 1. The van der Waals surface area contributed by atoms with Crippen LogP contribution in [0.4, 0.5) is 16.0 Å². The molecule has 20 heavy (non-hydrogen) atoms. The molecule has 3 rings (SSSR count). The largest absolute Gasteiger partial charge is 0.324 e. The van der Waals surface area contributed by atoms with E-state index in [9.17, 15) is 9.18 Å². The lowest BCUT2D eigenvalue weighted by Gasteiger charge is -2.15. The molecule has 2 N–H and O–H groups in total. The van der Waals surface area contributed by atoms with Gasteiger partial charge in [0.15, 0.2) is 0 Å². The predicted molar refractivity (Wildman–Crippen MR) is 76.2 cm³/mol. The fourth-order valence-corrected chi connectivity index (χ4v) is 2.55. The summed E-state index contributed by atoms with van der Waals surface area (Å²) in [6.07, 6.45) is 3.60. The van der Waals surface area contributed by atoms with Crippen LogP contribution in [0.5, 0.6) is 0 Å². The molecule has 1 aliphatic carbocycles. The van der Waals surface area contributed by atoms with Gasteiger partial charge in [-0.05, 0) is 43.9 Å².